The van der Waals surface area contributed by atoms with Crippen LogP contribution < -0.4 is 5.32 Å². The molecule has 0 radical (unpaired) electrons. The molecule has 1 aliphatic heterocycles. The van der Waals surface area contributed by atoms with Gasteiger partial charge in [-0.2, -0.15) is 0 Å². The van der Waals surface area contributed by atoms with Gasteiger partial charge in [-0.1, -0.05) is 30.3 Å². The number of benzene rings is 1. The van der Waals surface area contributed by atoms with Crippen molar-refractivity contribution in [2.75, 3.05) is 19.6 Å². The van der Waals surface area contributed by atoms with Gasteiger partial charge in [-0.3, -0.25) is 9.69 Å². The summed E-state index contributed by atoms with van der Waals surface area (Å²) in [5, 5.41) is 12.2. The molecule has 2 atom stereocenters. The van der Waals surface area contributed by atoms with E-state index in [4.69, 9.17) is 0 Å². The Balaban J connectivity index is 1.79. The normalized spacial score (nSPS) is 21.0. The van der Waals surface area contributed by atoms with Crippen LogP contribution in [0.3, 0.4) is 0 Å². The first-order valence-electron chi connectivity index (χ1n) is 7.87. The number of likely N-dealkylation sites (tertiary alicyclic amines) is 1. The number of nitrogens with one attached hydrogen (secondary N) is 1. The van der Waals surface area contributed by atoms with E-state index >= 15 is 0 Å². The van der Waals surface area contributed by atoms with Crippen molar-refractivity contribution >= 4 is 5.91 Å². The van der Waals surface area contributed by atoms with Gasteiger partial charge in [-0.25, -0.2) is 0 Å². The van der Waals surface area contributed by atoms with Gasteiger partial charge in [0, 0.05) is 19.6 Å². The van der Waals surface area contributed by atoms with Gasteiger partial charge in [0.2, 0.25) is 5.91 Å². The number of aliphatic hydroxyl groups is 1. The Bertz CT molecular complexity index is 434. The number of aliphatic hydroxyl groups excluding tert-OH is 1. The van der Waals surface area contributed by atoms with Gasteiger partial charge in [0.1, 0.15) is 0 Å². The first-order valence-corrected chi connectivity index (χ1v) is 7.87. The Morgan fingerprint density at radius 3 is 2.90 bits per heavy atom. The molecule has 2 N–H and O–H groups in total. The fraction of sp³-hybridized carbons (Fsp3) is 0.588. The SMILES string of the molecule is CC(O)CCNC(=O)C1CCCN(Cc2ccccc2)C1. The maximum Gasteiger partial charge on any atom is 0.224 e. The number of nitrogens with zero attached hydrogens (tertiary/aromatic N) is 1. The number of rotatable bonds is 6. The summed E-state index contributed by atoms with van der Waals surface area (Å²) in [6.07, 6.45) is 2.30. The maximum absolute atomic E-state index is 12.2. The van der Waals surface area contributed by atoms with E-state index < -0.39 is 0 Å². The van der Waals surface area contributed by atoms with Gasteiger partial charge in [0.05, 0.1) is 12.0 Å². The topological polar surface area (TPSA) is 52.6 Å². The average Bonchev–Trinajstić information content (AvgIpc) is 2.48. The maximum atomic E-state index is 12.2. The summed E-state index contributed by atoms with van der Waals surface area (Å²) >= 11 is 0. The van der Waals surface area contributed by atoms with Crippen LogP contribution >= 0.6 is 0 Å². The Hall–Kier alpha value is -1.39. The Kier molecular flexibility index (Phi) is 6.21. The lowest BCUT2D eigenvalue weighted by atomic mass is 9.96. The van der Waals surface area contributed by atoms with Crippen molar-refractivity contribution in [2.45, 2.75) is 38.8 Å². The monoisotopic (exact) mass is 290 g/mol. The fourth-order valence-electron chi connectivity index (χ4n) is 2.80. The van der Waals surface area contributed by atoms with E-state index in [9.17, 15) is 9.90 Å². The lowest BCUT2D eigenvalue weighted by molar-refractivity contribution is -0.126. The number of hydrogen-bond donors (Lipinski definition) is 2. The number of carbonyl (C=O) groups is 1. The molecule has 4 heteroatoms. The highest BCUT2D eigenvalue weighted by atomic mass is 16.3. The van der Waals surface area contributed by atoms with Crippen LogP contribution in [-0.2, 0) is 11.3 Å². The first-order chi connectivity index (χ1) is 10.1. The quantitative estimate of drug-likeness (QED) is 0.840. The molecule has 1 aromatic carbocycles. The second-order valence-corrected chi connectivity index (χ2v) is 5.99. The van der Waals surface area contributed by atoms with E-state index in [1.807, 2.05) is 6.07 Å². The molecule has 1 heterocycles. The van der Waals surface area contributed by atoms with E-state index in [0.717, 1.165) is 32.5 Å². The smallest absolute Gasteiger partial charge is 0.224 e. The number of amides is 1. The minimum Gasteiger partial charge on any atom is -0.393 e. The molecule has 1 amide bonds. The van der Waals surface area contributed by atoms with Crippen LogP contribution in [0, 0.1) is 5.92 Å². The second-order valence-electron chi connectivity index (χ2n) is 5.99. The summed E-state index contributed by atoms with van der Waals surface area (Å²) in [6, 6.07) is 10.4. The van der Waals surface area contributed by atoms with Crippen LogP contribution in [0.1, 0.15) is 31.7 Å². The van der Waals surface area contributed by atoms with Gasteiger partial charge in [0.25, 0.3) is 0 Å². The molecule has 1 aromatic rings. The first kappa shape index (κ1) is 16.0. The summed E-state index contributed by atoms with van der Waals surface area (Å²) in [5.41, 5.74) is 1.30. The zero-order valence-corrected chi connectivity index (χ0v) is 12.8. The predicted molar refractivity (Wildman–Crippen MR) is 83.8 cm³/mol. The number of carbonyl (C=O) groups excluding carboxylic acids is 1. The Labute approximate surface area is 127 Å². The molecule has 4 nitrogen and oxygen atoms in total. The molecule has 1 fully saturated rings. The summed E-state index contributed by atoms with van der Waals surface area (Å²) in [5.74, 6) is 0.213. The molecule has 21 heavy (non-hydrogen) atoms. The van der Waals surface area contributed by atoms with Crippen molar-refractivity contribution in [3.8, 4) is 0 Å². The minimum atomic E-state index is -0.355. The predicted octanol–water partition coefficient (Wildman–Crippen LogP) is 1.79. The van der Waals surface area contributed by atoms with Crippen molar-refractivity contribution < 1.29 is 9.90 Å². The highest BCUT2D eigenvalue weighted by molar-refractivity contribution is 5.78. The van der Waals surface area contributed by atoms with Gasteiger partial charge in [0.15, 0.2) is 0 Å². The molecule has 116 valence electrons. The van der Waals surface area contributed by atoms with E-state index in [-0.39, 0.29) is 17.9 Å². The molecule has 0 spiro atoms. The molecule has 1 aliphatic rings. The average molecular weight is 290 g/mol. The Morgan fingerprint density at radius 1 is 1.43 bits per heavy atom. The van der Waals surface area contributed by atoms with Crippen molar-refractivity contribution in [2.24, 2.45) is 5.92 Å². The van der Waals surface area contributed by atoms with Crippen LogP contribution in [0.15, 0.2) is 30.3 Å². The standard InChI is InChI=1S/C17H26N2O2/c1-14(20)9-10-18-17(21)16-8-5-11-19(13-16)12-15-6-3-2-4-7-15/h2-4,6-7,14,16,20H,5,8-13H2,1H3,(H,18,21). The van der Waals surface area contributed by atoms with Crippen LogP contribution in [-0.4, -0.2) is 41.7 Å². The zero-order chi connectivity index (χ0) is 15.1. The minimum absolute atomic E-state index is 0.0801. The molecule has 0 aliphatic carbocycles. The number of hydrogen-bond acceptors (Lipinski definition) is 3. The molecule has 2 rings (SSSR count). The van der Waals surface area contributed by atoms with Gasteiger partial charge < -0.3 is 10.4 Å². The summed E-state index contributed by atoms with van der Waals surface area (Å²) in [4.78, 5) is 14.5. The lowest BCUT2D eigenvalue weighted by Gasteiger charge is -2.32. The fourth-order valence-corrected chi connectivity index (χ4v) is 2.80. The lowest BCUT2D eigenvalue weighted by Crippen LogP contribution is -2.43. The van der Waals surface area contributed by atoms with Crippen molar-refractivity contribution in [1.29, 1.82) is 0 Å². The summed E-state index contributed by atoms with van der Waals surface area (Å²) < 4.78 is 0. The number of piperidine rings is 1. The van der Waals surface area contributed by atoms with E-state index in [1.54, 1.807) is 6.92 Å². The third-order valence-corrected chi connectivity index (χ3v) is 3.99. The third-order valence-electron chi connectivity index (χ3n) is 3.99. The molecule has 0 saturated carbocycles. The summed E-state index contributed by atoms with van der Waals surface area (Å²) in [6.45, 7) is 5.11. The Morgan fingerprint density at radius 2 is 2.19 bits per heavy atom. The third kappa shape index (κ3) is 5.48. The van der Waals surface area contributed by atoms with Crippen molar-refractivity contribution in [1.82, 2.24) is 10.2 Å². The van der Waals surface area contributed by atoms with Crippen LogP contribution in [0.5, 0.6) is 0 Å². The highest BCUT2D eigenvalue weighted by Crippen LogP contribution is 2.18. The van der Waals surface area contributed by atoms with Crippen LogP contribution in [0.4, 0.5) is 0 Å². The highest BCUT2D eigenvalue weighted by Gasteiger charge is 2.25. The zero-order valence-electron chi connectivity index (χ0n) is 12.8. The largest absolute Gasteiger partial charge is 0.393 e. The van der Waals surface area contributed by atoms with E-state index in [2.05, 4.69) is 34.5 Å². The van der Waals surface area contributed by atoms with E-state index in [0.29, 0.717) is 13.0 Å². The molecule has 0 bridgehead atoms. The molecule has 0 aromatic heterocycles. The van der Waals surface area contributed by atoms with Crippen LogP contribution in [0.2, 0.25) is 0 Å². The second kappa shape index (κ2) is 8.15. The van der Waals surface area contributed by atoms with Gasteiger partial charge in [-0.15, -0.1) is 0 Å². The molecule has 2 unspecified atom stereocenters. The van der Waals surface area contributed by atoms with Crippen LogP contribution in [0.25, 0.3) is 0 Å². The molecular weight excluding hydrogens is 264 g/mol. The van der Waals surface area contributed by atoms with Gasteiger partial charge >= 0.3 is 0 Å². The molecular formula is C17H26N2O2. The molecule has 1 saturated heterocycles. The summed E-state index contributed by atoms with van der Waals surface area (Å²) in [7, 11) is 0. The van der Waals surface area contributed by atoms with Gasteiger partial charge in [-0.05, 0) is 38.3 Å². The van der Waals surface area contributed by atoms with E-state index in [1.165, 1.54) is 5.56 Å². The van der Waals surface area contributed by atoms with Crippen molar-refractivity contribution in [3.05, 3.63) is 35.9 Å². The van der Waals surface area contributed by atoms with Crippen molar-refractivity contribution in [3.63, 3.8) is 0 Å².